The molecule has 0 unspecified atom stereocenters. The van der Waals surface area contributed by atoms with E-state index >= 15 is 0 Å². The van der Waals surface area contributed by atoms with Gasteiger partial charge in [0.25, 0.3) is 0 Å². The zero-order valence-corrected chi connectivity index (χ0v) is 13.5. The minimum Gasteiger partial charge on any atom is -0.346 e. The summed E-state index contributed by atoms with van der Waals surface area (Å²) < 4.78 is 25.8. The van der Waals surface area contributed by atoms with Crippen LogP contribution in [0, 0.1) is 0 Å². The molecule has 2 aromatic rings. The average molecular weight is 293 g/mol. The Hall–Kier alpha value is -1.29. The van der Waals surface area contributed by atoms with Gasteiger partial charge in [0, 0.05) is 12.7 Å². The molecule has 0 aliphatic rings. The van der Waals surface area contributed by atoms with E-state index < -0.39 is 14.6 Å². The van der Waals surface area contributed by atoms with Crippen LogP contribution < -0.4 is 0 Å². The summed E-state index contributed by atoms with van der Waals surface area (Å²) in [4.78, 5) is 0. The maximum Gasteiger partial charge on any atom is 0.156 e. The van der Waals surface area contributed by atoms with Gasteiger partial charge in [-0.15, -0.1) is 0 Å². The van der Waals surface area contributed by atoms with Gasteiger partial charge in [0.2, 0.25) is 0 Å². The molecule has 110 valence electrons. The van der Waals surface area contributed by atoms with E-state index in [1.807, 2.05) is 6.20 Å². The molecule has 0 spiro atoms. The third kappa shape index (κ3) is 2.75. The minimum atomic E-state index is -3.08. The molecule has 0 aliphatic heterocycles. The van der Waals surface area contributed by atoms with Crippen molar-refractivity contribution >= 4 is 20.7 Å². The van der Waals surface area contributed by atoms with E-state index in [4.69, 9.17) is 0 Å². The summed E-state index contributed by atoms with van der Waals surface area (Å²) in [5, 5.41) is 1.18. The largest absolute Gasteiger partial charge is 0.346 e. The molecule has 1 aromatic carbocycles. The Labute approximate surface area is 121 Å². The molecule has 0 amide bonds. The van der Waals surface area contributed by atoms with Gasteiger partial charge in [-0.05, 0) is 44.2 Å². The van der Waals surface area contributed by atoms with Crippen molar-refractivity contribution in [1.82, 2.24) is 4.57 Å². The first-order valence-corrected chi connectivity index (χ1v) is 8.70. The molecule has 0 saturated carbocycles. The second-order valence-corrected chi connectivity index (χ2v) is 9.01. The van der Waals surface area contributed by atoms with Crippen LogP contribution in [0.5, 0.6) is 0 Å². The number of fused-ring (bicyclic) bond motifs is 1. The van der Waals surface area contributed by atoms with E-state index in [2.05, 4.69) is 35.8 Å². The molecule has 0 bridgehead atoms. The highest BCUT2D eigenvalue weighted by molar-refractivity contribution is 7.92. The van der Waals surface area contributed by atoms with Gasteiger partial charge in [0.1, 0.15) is 0 Å². The first-order chi connectivity index (χ1) is 9.26. The Balaban J connectivity index is 2.32. The van der Waals surface area contributed by atoms with Crippen LogP contribution in [0.4, 0.5) is 0 Å². The number of aryl methyl sites for hydroxylation is 2. The third-order valence-electron chi connectivity index (χ3n) is 3.79. The molecule has 2 rings (SSSR count). The second-order valence-electron chi connectivity index (χ2n) is 6.15. The highest BCUT2D eigenvalue weighted by atomic mass is 32.2. The van der Waals surface area contributed by atoms with Crippen LogP contribution >= 0.6 is 0 Å². The molecule has 0 fully saturated rings. The van der Waals surface area contributed by atoms with E-state index in [1.165, 1.54) is 16.5 Å². The number of hydrogen-bond donors (Lipinski definition) is 0. The van der Waals surface area contributed by atoms with Crippen LogP contribution in [0.15, 0.2) is 30.5 Å². The molecule has 0 aliphatic carbocycles. The first-order valence-electron chi connectivity index (χ1n) is 7.05. The van der Waals surface area contributed by atoms with Crippen LogP contribution in [0.1, 0.15) is 33.3 Å². The summed E-state index contributed by atoms with van der Waals surface area (Å²) in [5.41, 5.74) is 2.43. The van der Waals surface area contributed by atoms with Crippen LogP contribution in [0.3, 0.4) is 0 Å². The molecule has 1 heterocycles. The van der Waals surface area contributed by atoms with Gasteiger partial charge < -0.3 is 4.57 Å². The van der Waals surface area contributed by atoms with E-state index in [0.717, 1.165) is 6.42 Å². The number of aromatic nitrogens is 1. The highest BCUT2D eigenvalue weighted by Crippen LogP contribution is 2.22. The quantitative estimate of drug-likeness (QED) is 0.866. The number of nitrogens with zero attached hydrogens (tertiary/aromatic N) is 1. The Kier molecular flexibility index (Phi) is 3.96. The first kappa shape index (κ1) is 15.1. The molecule has 1 aromatic heterocycles. The third-order valence-corrected chi connectivity index (χ3v) is 6.37. The smallest absolute Gasteiger partial charge is 0.156 e. The number of sulfone groups is 1. The molecule has 3 nitrogen and oxygen atoms in total. The van der Waals surface area contributed by atoms with Crippen LogP contribution in [-0.2, 0) is 22.8 Å². The second kappa shape index (κ2) is 5.24. The lowest BCUT2D eigenvalue weighted by Crippen LogP contribution is -2.31. The maximum absolute atomic E-state index is 12.2. The Morgan fingerprint density at radius 1 is 1.15 bits per heavy atom. The van der Waals surface area contributed by atoms with Gasteiger partial charge >= 0.3 is 0 Å². The molecule has 0 saturated heterocycles. The average Bonchev–Trinajstić information content (AvgIpc) is 2.78. The Morgan fingerprint density at radius 3 is 2.45 bits per heavy atom. The predicted octanol–water partition coefficient (Wildman–Crippen LogP) is 3.42. The van der Waals surface area contributed by atoms with Crippen molar-refractivity contribution in [1.29, 1.82) is 0 Å². The van der Waals surface area contributed by atoms with Crippen molar-refractivity contribution in [3.63, 3.8) is 0 Å². The molecule has 4 heteroatoms. The number of para-hydroxylation sites is 1. The fourth-order valence-electron chi connectivity index (χ4n) is 2.34. The predicted molar refractivity (Wildman–Crippen MR) is 84.9 cm³/mol. The summed E-state index contributed by atoms with van der Waals surface area (Å²) in [6, 6.07) is 8.29. The SMILES string of the molecule is CCc1cccc2ccn(CCS(=O)(=O)C(C)(C)C)c12. The topological polar surface area (TPSA) is 39.1 Å². The summed E-state index contributed by atoms with van der Waals surface area (Å²) in [5.74, 6) is 0.179. The fourth-order valence-corrected chi connectivity index (χ4v) is 3.39. The zero-order valence-electron chi connectivity index (χ0n) is 12.7. The number of benzene rings is 1. The van der Waals surface area contributed by atoms with E-state index in [1.54, 1.807) is 20.8 Å². The van der Waals surface area contributed by atoms with Gasteiger partial charge in [0.15, 0.2) is 9.84 Å². The molecular weight excluding hydrogens is 270 g/mol. The normalized spacial score (nSPS) is 13.0. The van der Waals surface area contributed by atoms with E-state index in [-0.39, 0.29) is 5.75 Å². The van der Waals surface area contributed by atoms with E-state index in [0.29, 0.717) is 6.54 Å². The van der Waals surface area contributed by atoms with Crippen molar-refractivity contribution in [3.05, 3.63) is 36.0 Å². The van der Waals surface area contributed by atoms with Crippen LogP contribution in [-0.4, -0.2) is 23.5 Å². The molecular formula is C16H23NO2S. The zero-order chi connectivity index (χ0) is 15.0. The number of hydrogen-bond acceptors (Lipinski definition) is 2. The number of rotatable bonds is 4. The fraction of sp³-hybridized carbons (Fsp3) is 0.500. The van der Waals surface area contributed by atoms with Crippen LogP contribution in [0.2, 0.25) is 0 Å². The lowest BCUT2D eigenvalue weighted by Gasteiger charge is -2.19. The monoisotopic (exact) mass is 293 g/mol. The summed E-state index contributed by atoms with van der Waals surface area (Å²) in [7, 11) is -3.08. The van der Waals surface area contributed by atoms with Crippen molar-refractivity contribution < 1.29 is 8.42 Å². The van der Waals surface area contributed by atoms with Crippen molar-refractivity contribution in [2.75, 3.05) is 5.75 Å². The van der Waals surface area contributed by atoms with Gasteiger partial charge in [-0.25, -0.2) is 8.42 Å². The van der Waals surface area contributed by atoms with Gasteiger partial charge in [-0.3, -0.25) is 0 Å². The molecule has 20 heavy (non-hydrogen) atoms. The van der Waals surface area contributed by atoms with Gasteiger partial charge in [-0.1, -0.05) is 25.1 Å². The summed E-state index contributed by atoms with van der Waals surface area (Å²) in [6.07, 6.45) is 2.94. The molecule has 0 atom stereocenters. The highest BCUT2D eigenvalue weighted by Gasteiger charge is 2.28. The maximum atomic E-state index is 12.2. The summed E-state index contributed by atoms with van der Waals surface area (Å²) in [6.45, 7) is 7.91. The Bertz CT molecular complexity index is 706. The van der Waals surface area contributed by atoms with Gasteiger partial charge in [0.05, 0.1) is 16.0 Å². The van der Waals surface area contributed by atoms with Crippen molar-refractivity contribution in [2.24, 2.45) is 0 Å². The molecule has 0 N–H and O–H groups in total. The minimum absolute atomic E-state index is 0.179. The van der Waals surface area contributed by atoms with Crippen molar-refractivity contribution in [2.45, 2.75) is 45.4 Å². The van der Waals surface area contributed by atoms with Crippen molar-refractivity contribution in [3.8, 4) is 0 Å². The Morgan fingerprint density at radius 2 is 1.85 bits per heavy atom. The van der Waals surface area contributed by atoms with Crippen LogP contribution in [0.25, 0.3) is 10.9 Å². The lowest BCUT2D eigenvalue weighted by atomic mass is 10.1. The van der Waals surface area contributed by atoms with Gasteiger partial charge in [-0.2, -0.15) is 0 Å². The standard InChI is InChI=1S/C16H23NO2S/c1-5-13-7-6-8-14-9-10-17(15(13)14)11-12-20(18,19)16(2,3)4/h6-10H,5,11-12H2,1-4H3. The summed E-state index contributed by atoms with van der Waals surface area (Å²) >= 11 is 0. The molecule has 0 radical (unpaired) electrons. The lowest BCUT2D eigenvalue weighted by molar-refractivity contribution is 0.554. The van der Waals surface area contributed by atoms with E-state index in [9.17, 15) is 8.42 Å².